The molecule has 0 aliphatic carbocycles. The summed E-state index contributed by atoms with van der Waals surface area (Å²) in [5.41, 5.74) is -0.265. The second kappa shape index (κ2) is 5.92. The van der Waals surface area contributed by atoms with E-state index >= 15 is 0 Å². The number of aromatic hydroxyl groups is 1. The Bertz CT molecular complexity index is 501. The maximum absolute atomic E-state index is 11.9. The molecule has 19 heavy (non-hydrogen) atoms. The van der Waals surface area contributed by atoms with E-state index in [1.807, 2.05) is 11.8 Å². The third kappa shape index (κ3) is 3.37. The van der Waals surface area contributed by atoms with Crippen LogP contribution in [0.5, 0.6) is 5.75 Å². The van der Waals surface area contributed by atoms with Crippen molar-refractivity contribution in [2.24, 2.45) is 5.92 Å². The van der Waals surface area contributed by atoms with E-state index in [1.54, 1.807) is 0 Å². The van der Waals surface area contributed by atoms with Gasteiger partial charge in [-0.15, -0.1) is 0 Å². The van der Waals surface area contributed by atoms with Crippen LogP contribution in [0.3, 0.4) is 0 Å². The van der Waals surface area contributed by atoms with Crippen LogP contribution in [0, 0.1) is 16.0 Å². The number of phenols is 1. The molecule has 1 saturated heterocycles. The van der Waals surface area contributed by atoms with E-state index in [0.29, 0.717) is 12.5 Å². The smallest absolute Gasteiger partial charge is 0.270 e. The first-order chi connectivity index (χ1) is 9.08. The maximum atomic E-state index is 11.9. The first kappa shape index (κ1) is 13.7. The van der Waals surface area contributed by atoms with Crippen LogP contribution in [-0.4, -0.2) is 34.0 Å². The van der Waals surface area contributed by atoms with Crippen molar-refractivity contribution >= 4 is 23.4 Å². The molecule has 0 spiro atoms. The quantitative estimate of drug-likeness (QED) is 0.648. The Balaban J connectivity index is 2.04. The standard InChI is InChI=1S/C12H14N2O4S/c15-11-2-1-9(14(17)18)5-10(11)12(16)13-6-8-3-4-19-7-8/h1-2,5,8,15H,3-4,6-7H2,(H,13,16)/t8-/m0/s1. The predicted octanol–water partition coefficient (Wildman–Crippen LogP) is 1.78. The Kier molecular flexibility index (Phi) is 4.26. The highest BCUT2D eigenvalue weighted by Crippen LogP contribution is 2.24. The Hall–Kier alpha value is -1.76. The van der Waals surface area contributed by atoms with Gasteiger partial charge in [0, 0.05) is 18.7 Å². The zero-order valence-corrected chi connectivity index (χ0v) is 11.0. The number of carbonyl (C=O) groups excluding carboxylic acids is 1. The molecule has 2 rings (SSSR count). The van der Waals surface area contributed by atoms with Gasteiger partial charge in [-0.1, -0.05) is 0 Å². The topological polar surface area (TPSA) is 92.5 Å². The molecule has 1 atom stereocenters. The molecule has 1 aliphatic heterocycles. The van der Waals surface area contributed by atoms with E-state index in [-0.39, 0.29) is 17.0 Å². The average Bonchev–Trinajstić information content (AvgIpc) is 2.89. The van der Waals surface area contributed by atoms with Gasteiger partial charge in [0.25, 0.3) is 11.6 Å². The molecule has 1 aliphatic rings. The molecule has 0 saturated carbocycles. The van der Waals surface area contributed by atoms with Crippen molar-refractivity contribution in [3.63, 3.8) is 0 Å². The molecule has 2 N–H and O–H groups in total. The van der Waals surface area contributed by atoms with Crippen molar-refractivity contribution in [3.8, 4) is 5.75 Å². The number of rotatable bonds is 4. The molecule has 0 radical (unpaired) electrons. The summed E-state index contributed by atoms with van der Waals surface area (Å²) >= 11 is 1.85. The lowest BCUT2D eigenvalue weighted by Crippen LogP contribution is -2.29. The zero-order valence-electron chi connectivity index (χ0n) is 10.2. The lowest BCUT2D eigenvalue weighted by molar-refractivity contribution is -0.384. The number of nitrogens with one attached hydrogen (secondary N) is 1. The highest BCUT2D eigenvalue weighted by atomic mass is 32.2. The van der Waals surface area contributed by atoms with Gasteiger partial charge >= 0.3 is 0 Å². The van der Waals surface area contributed by atoms with E-state index in [9.17, 15) is 20.0 Å². The minimum Gasteiger partial charge on any atom is -0.507 e. The number of non-ortho nitro benzene ring substituents is 1. The van der Waals surface area contributed by atoms with Crippen molar-refractivity contribution in [2.75, 3.05) is 18.1 Å². The summed E-state index contributed by atoms with van der Waals surface area (Å²) in [6.45, 7) is 0.536. The molecule has 1 heterocycles. The number of benzene rings is 1. The van der Waals surface area contributed by atoms with Gasteiger partial charge in [0.05, 0.1) is 10.5 Å². The molecule has 1 amide bonds. The summed E-state index contributed by atoms with van der Waals surface area (Å²) in [6, 6.07) is 3.42. The van der Waals surface area contributed by atoms with Crippen molar-refractivity contribution in [2.45, 2.75) is 6.42 Å². The molecule has 6 nitrogen and oxygen atoms in total. The number of thioether (sulfide) groups is 1. The van der Waals surface area contributed by atoms with Gasteiger partial charge in [-0.3, -0.25) is 14.9 Å². The zero-order chi connectivity index (χ0) is 13.8. The predicted molar refractivity (Wildman–Crippen MR) is 72.5 cm³/mol. The largest absolute Gasteiger partial charge is 0.507 e. The van der Waals surface area contributed by atoms with Crippen molar-refractivity contribution in [1.82, 2.24) is 5.32 Å². The lowest BCUT2D eigenvalue weighted by atomic mass is 10.1. The highest BCUT2D eigenvalue weighted by molar-refractivity contribution is 7.99. The van der Waals surface area contributed by atoms with E-state index in [2.05, 4.69) is 5.32 Å². The number of hydrogen-bond donors (Lipinski definition) is 2. The fraction of sp³-hybridized carbons (Fsp3) is 0.417. The summed E-state index contributed by atoms with van der Waals surface area (Å²) in [7, 11) is 0. The number of carbonyl (C=O) groups is 1. The number of nitro benzene ring substituents is 1. The summed E-state index contributed by atoms with van der Waals surface area (Å²) < 4.78 is 0. The monoisotopic (exact) mass is 282 g/mol. The van der Waals surface area contributed by atoms with Crippen LogP contribution in [0.1, 0.15) is 16.8 Å². The molecule has 1 aromatic rings. The SMILES string of the molecule is O=C(NC[C@@H]1CCSC1)c1cc([N+](=O)[O-])ccc1O. The van der Waals surface area contributed by atoms with Crippen LogP contribution < -0.4 is 5.32 Å². The molecule has 102 valence electrons. The highest BCUT2D eigenvalue weighted by Gasteiger charge is 2.19. The minimum atomic E-state index is -0.593. The average molecular weight is 282 g/mol. The normalized spacial score (nSPS) is 18.2. The lowest BCUT2D eigenvalue weighted by Gasteiger charge is -2.10. The van der Waals surface area contributed by atoms with Crippen LogP contribution in [0.4, 0.5) is 5.69 Å². The molecule has 7 heteroatoms. The van der Waals surface area contributed by atoms with Crippen molar-refractivity contribution < 1.29 is 14.8 Å². The van der Waals surface area contributed by atoms with Gasteiger partial charge in [0.1, 0.15) is 5.75 Å². The number of amides is 1. The molecule has 0 aromatic heterocycles. The van der Waals surface area contributed by atoms with Gasteiger partial charge in [-0.25, -0.2) is 0 Å². The van der Waals surface area contributed by atoms with Crippen LogP contribution in [0.2, 0.25) is 0 Å². The Morgan fingerprint density at radius 3 is 3.00 bits per heavy atom. The van der Waals surface area contributed by atoms with Gasteiger partial charge in [0.15, 0.2) is 0 Å². The molecule has 0 bridgehead atoms. The number of phenolic OH excluding ortho intramolecular Hbond substituents is 1. The second-order valence-corrected chi connectivity index (χ2v) is 5.55. The van der Waals surface area contributed by atoms with Gasteiger partial charge in [0.2, 0.25) is 0 Å². The van der Waals surface area contributed by atoms with Crippen molar-refractivity contribution in [3.05, 3.63) is 33.9 Å². The van der Waals surface area contributed by atoms with Crippen molar-refractivity contribution in [1.29, 1.82) is 0 Å². The molecular formula is C12H14N2O4S. The van der Waals surface area contributed by atoms with Gasteiger partial charge in [-0.05, 0) is 29.9 Å². The van der Waals surface area contributed by atoms with Crippen LogP contribution in [0.25, 0.3) is 0 Å². The van der Waals surface area contributed by atoms with E-state index in [0.717, 1.165) is 24.0 Å². The molecular weight excluding hydrogens is 268 g/mol. The molecule has 0 unspecified atom stereocenters. The summed E-state index contributed by atoms with van der Waals surface area (Å²) in [5.74, 6) is 1.83. The Labute approximate surface area is 114 Å². The van der Waals surface area contributed by atoms with Gasteiger partial charge in [-0.2, -0.15) is 11.8 Å². The van der Waals surface area contributed by atoms with Gasteiger partial charge < -0.3 is 10.4 Å². The Morgan fingerprint density at radius 1 is 1.58 bits per heavy atom. The maximum Gasteiger partial charge on any atom is 0.270 e. The molecule has 1 fully saturated rings. The van der Waals surface area contributed by atoms with E-state index in [1.165, 1.54) is 12.1 Å². The van der Waals surface area contributed by atoms with Crippen LogP contribution in [0.15, 0.2) is 18.2 Å². The Morgan fingerprint density at radius 2 is 2.37 bits per heavy atom. The third-order valence-corrected chi connectivity index (χ3v) is 4.24. The molecule has 1 aromatic carbocycles. The van der Waals surface area contributed by atoms with Crippen LogP contribution in [-0.2, 0) is 0 Å². The summed E-state index contributed by atoms with van der Waals surface area (Å²) in [6.07, 6.45) is 1.06. The summed E-state index contributed by atoms with van der Waals surface area (Å²) in [4.78, 5) is 21.9. The third-order valence-electron chi connectivity index (χ3n) is 3.01. The first-order valence-corrected chi connectivity index (χ1v) is 7.06. The summed E-state index contributed by atoms with van der Waals surface area (Å²) in [5, 5.41) is 22.9. The number of hydrogen-bond acceptors (Lipinski definition) is 5. The van der Waals surface area contributed by atoms with Crippen LogP contribution >= 0.6 is 11.8 Å². The van der Waals surface area contributed by atoms with E-state index in [4.69, 9.17) is 0 Å². The second-order valence-electron chi connectivity index (χ2n) is 4.40. The number of nitrogens with zero attached hydrogens (tertiary/aromatic N) is 1. The fourth-order valence-corrected chi connectivity index (χ4v) is 3.18. The minimum absolute atomic E-state index is 0.0557. The fourth-order valence-electron chi connectivity index (χ4n) is 1.90. The van der Waals surface area contributed by atoms with E-state index < -0.39 is 10.8 Å². The number of nitro groups is 1. The first-order valence-electron chi connectivity index (χ1n) is 5.91.